The third kappa shape index (κ3) is 4.50. The number of thioether (sulfide) groups is 1. The lowest BCUT2D eigenvalue weighted by Crippen LogP contribution is -2.16. The van der Waals surface area contributed by atoms with Crippen molar-refractivity contribution in [2.24, 2.45) is 0 Å². The van der Waals surface area contributed by atoms with Crippen molar-refractivity contribution in [2.45, 2.75) is 30.9 Å². The van der Waals surface area contributed by atoms with Gasteiger partial charge in [-0.15, -0.1) is 32.9 Å². The lowest BCUT2D eigenvalue weighted by atomic mass is 9.95. The lowest BCUT2D eigenvalue weighted by molar-refractivity contribution is -0.113. The molecule has 1 N–H and O–H groups in total. The van der Waals surface area contributed by atoms with Crippen LogP contribution in [0.15, 0.2) is 21.8 Å². The molecule has 0 aromatic carbocycles. The molecule has 0 bridgehead atoms. The topological polar surface area (TPSA) is 94.3 Å². The summed E-state index contributed by atoms with van der Waals surface area (Å²) in [6.45, 7) is 0. The number of esters is 1. The van der Waals surface area contributed by atoms with Crippen molar-refractivity contribution >= 4 is 62.9 Å². The van der Waals surface area contributed by atoms with Gasteiger partial charge in [-0.05, 0) is 43.4 Å². The van der Waals surface area contributed by atoms with Gasteiger partial charge >= 0.3 is 5.97 Å². The molecule has 3 aromatic heterocycles. The van der Waals surface area contributed by atoms with Crippen LogP contribution in [0, 0.1) is 0 Å². The summed E-state index contributed by atoms with van der Waals surface area (Å²) in [4.78, 5) is 26.6. The molecule has 152 valence electrons. The van der Waals surface area contributed by atoms with Crippen molar-refractivity contribution in [3.05, 3.63) is 32.5 Å². The van der Waals surface area contributed by atoms with Gasteiger partial charge in [0.25, 0.3) is 11.1 Å². The number of rotatable bonds is 6. The number of fused-ring (bicyclic) bond motifs is 1. The SMILES string of the molecule is COC(=O)c1c(NC(=O)CSc2nnc(-c3ccc(Cl)s3)o2)sc2c1CCCC2. The zero-order valence-corrected chi connectivity index (χ0v) is 18.5. The average molecular weight is 470 g/mol. The molecule has 1 amide bonds. The largest absolute Gasteiger partial charge is 0.465 e. The molecule has 0 atom stereocenters. The van der Waals surface area contributed by atoms with Crippen LogP contribution < -0.4 is 5.32 Å². The first-order valence-corrected chi connectivity index (χ1v) is 11.8. The average Bonchev–Trinajstić information content (AvgIpc) is 3.43. The van der Waals surface area contributed by atoms with Crippen molar-refractivity contribution in [1.82, 2.24) is 10.2 Å². The number of thiophene rings is 2. The summed E-state index contributed by atoms with van der Waals surface area (Å²) in [5, 5.41) is 11.6. The summed E-state index contributed by atoms with van der Waals surface area (Å²) in [5.41, 5.74) is 1.49. The number of carbonyl (C=O) groups excluding carboxylic acids is 2. The van der Waals surface area contributed by atoms with E-state index in [1.807, 2.05) is 0 Å². The van der Waals surface area contributed by atoms with Crippen molar-refractivity contribution in [3.8, 4) is 10.8 Å². The Kier molecular flexibility index (Phi) is 6.23. The van der Waals surface area contributed by atoms with E-state index in [2.05, 4.69) is 15.5 Å². The molecule has 0 saturated heterocycles. The second-order valence-electron chi connectivity index (χ2n) is 6.22. The molecule has 7 nitrogen and oxygen atoms in total. The van der Waals surface area contributed by atoms with E-state index in [-0.39, 0.29) is 11.7 Å². The molecule has 4 rings (SSSR count). The van der Waals surface area contributed by atoms with Gasteiger partial charge < -0.3 is 14.5 Å². The number of ether oxygens (including phenoxy) is 1. The fourth-order valence-corrected chi connectivity index (χ4v) is 5.88. The number of hydrogen-bond donors (Lipinski definition) is 1. The Bertz CT molecular complexity index is 1060. The Morgan fingerprint density at radius 1 is 1.28 bits per heavy atom. The van der Waals surface area contributed by atoms with Gasteiger partial charge in [0.2, 0.25) is 5.91 Å². The number of anilines is 1. The van der Waals surface area contributed by atoms with Gasteiger partial charge in [0.15, 0.2) is 0 Å². The van der Waals surface area contributed by atoms with E-state index in [9.17, 15) is 9.59 Å². The fourth-order valence-electron chi connectivity index (χ4n) is 3.06. The van der Waals surface area contributed by atoms with Crippen LogP contribution in [0.3, 0.4) is 0 Å². The predicted molar refractivity (Wildman–Crippen MR) is 114 cm³/mol. The zero-order valence-electron chi connectivity index (χ0n) is 15.3. The summed E-state index contributed by atoms with van der Waals surface area (Å²) < 4.78 is 11.1. The quantitative estimate of drug-likeness (QED) is 0.405. The number of methoxy groups -OCH3 is 1. The number of aryl methyl sites for hydroxylation is 1. The third-order valence-corrected chi connectivity index (χ3v) is 7.58. The zero-order chi connectivity index (χ0) is 20.4. The van der Waals surface area contributed by atoms with Crippen LogP contribution in [0.5, 0.6) is 0 Å². The first-order chi connectivity index (χ1) is 14.0. The van der Waals surface area contributed by atoms with Crippen LogP contribution >= 0.6 is 46.0 Å². The summed E-state index contributed by atoms with van der Waals surface area (Å²) in [6.07, 6.45) is 3.88. The van der Waals surface area contributed by atoms with E-state index in [1.54, 1.807) is 12.1 Å². The molecule has 0 fully saturated rings. The van der Waals surface area contributed by atoms with Gasteiger partial charge in [-0.3, -0.25) is 4.79 Å². The number of nitrogens with zero attached hydrogens (tertiary/aromatic N) is 2. The fraction of sp³-hybridized carbons (Fsp3) is 0.333. The van der Waals surface area contributed by atoms with Crippen LogP contribution in [0.25, 0.3) is 10.8 Å². The Morgan fingerprint density at radius 2 is 2.10 bits per heavy atom. The maximum atomic E-state index is 12.5. The minimum absolute atomic E-state index is 0.0794. The number of nitrogens with one attached hydrogen (secondary N) is 1. The number of hydrogen-bond acceptors (Lipinski definition) is 9. The van der Waals surface area contributed by atoms with Gasteiger partial charge in [-0.2, -0.15) is 0 Å². The summed E-state index contributed by atoms with van der Waals surface area (Å²) >= 11 is 9.84. The molecule has 3 aromatic rings. The molecule has 1 aliphatic carbocycles. The molecule has 1 aliphatic rings. The molecule has 0 aliphatic heterocycles. The highest BCUT2D eigenvalue weighted by molar-refractivity contribution is 7.99. The highest BCUT2D eigenvalue weighted by Gasteiger charge is 2.27. The Balaban J connectivity index is 1.42. The Hall–Kier alpha value is -1.88. The van der Waals surface area contributed by atoms with E-state index in [4.69, 9.17) is 20.8 Å². The minimum atomic E-state index is -0.413. The molecule has 11 heteroatoms. The highest BCUT2D eigenvalue weighted by Crippen LogP contribution is 2.38. The van der Waals surface area contributed by atoms with Crippen LogP contribution in [-0.4, -0.2) is 34.9 Å². The first-order valence-electron chi connectivity index (χ1n) is 8.80. The monoisotopic (exact) mass is 469 g/mol. The number of amides is 1. The minimum Gasteiger partial charge on any atom is -0.465 e. The second kappa shape index (κ2) is 8.86. The van der Waals surface area contributed by atoms with E-state index in [1.165, 1.54) is 29.8 Å². The van der Waals surface area contributed by atoms with Crippen molar-refractivity contribution in [2.75, 3.05) is 18.2 Å². The molecule has 3 heterocycles. The van der Waals surface area contributed by atoms with Gasteiger partial charge in [0.05, 0.1) is 27.6 Å². The lowest BCUT2D eigenvalue weighted by Gasteiger charge is -2.11. The molecule has 29 heavy (non-hydrogen) atoms. The maximum Gasteiger partial charge on any atom is 0.341 e. The van der Waals surface area contributed by atoms with Gasteiger partial charge in [-0.25, -0.2) is 4.79 Å². The van der Waals surface area contributed by atoms with Gasteiger partial charge in [0.1, 0.15) is 5.00 Å². The molecule has 0 saturated carbocycles. The number of aromatic nitrogens is 2. The van der Waals surface area contributed by atoms with Crippen LogP contribution in [0.2, 0.25) is 4.34 Å². The van der Waals surface area contributed by atoms with Crippen LogP contribution in [0.4, 0.5) is 5.00 Å². The molecular weight excluding hydrogens is 454 g/mol. The standard InChI is InChI=1S/C18H16ClN3O4S3/c1-25-17(24)14-9-4-2-3-5-10(9)29-16(14)20-13(23)8-27-18-22-21-15(26-18)11-6-7-12(19)28-11/h6-7H,2-5,8H2,1H3,(H,20,23). The number of halogens is 1. The van der Waals surface area contributed by atoms with Crippen LogP contribution in [-0.2, 0) is 22.4 Å². The molecular formula is C18H16ClN3O4S3. The Labute approximate surface area is 183 Å². The summed E-state index contributed by atoms with van der Waals surface area (Å²) in [6, 6.07) is 3.56. The third-order valence-electron chi connectivity index (χ3n) is 4.33. The maximum absolute atomic E-state index is 12.5. The van der Waals surface area contributed by atoms with Gasteiger partial charge in [-0.1, -0.05) is 23.4 Å². The van der Waals surface area contributed by atoms with Crippen molar-refractivity contribution < 1.29 is 18.7 Å². The smallest absolute Gasteiger partial charge is 0.341 e. The summed E-state index contributed by atoms with van der Waals surface area (Å²) in [5.74, 6) is -0.222. The van der Waals surface area contributed by atoms with E-state index >= 15 is 0 Å². The summed E-state index contributed by atoms with van der Waals surface area (Å²) in [7, 11) is 1.35. The molecule has 0 unspecified atom stereocenters. The Morgan fingerprint density at radius 3 is 2.86 bits per heavy atom. The second-order valence-corrected chi connectivity index (χ2v) is 9.97. The van der Waals surface area contributed by atoms with Crippen molar-refractivity contribution in [1.29, 1.82) is 0 Å². The normalized spacial score (nSPS) is 13.2. The van der Waals surface area contributed by atoms with E-state index in [0.717, 1.165) is 52.8 Å². The predicted octanol–water partition coefficient (Wildman–Crippen LogP) is 4.91. The highest BCUT2D eigenvalue weighted by atomic mass is 35.5. The molecule has 0 radical (unpaired) electrons. The molecule has 0 spiro atoms. The van der Waals surface area contributed by atoms with Crippen LogP contribution in [0.1, 0.15) is 33.6 Å². The van der Waals surface area contributed by atoms with E-state index < -0.39 is 5.97 Å². The van der Waals surface area contributed by atoms with E-state index in [0.29, 0.717) is 26.0 Å². The van der Waals surface area contributed by atoms with Crippen molar-refractivity contribution in [3.63, 3.8) is 0 Å². The van der Waals surface area contributed by atoms with Gasteiger partial charge in [0, 0.05) is 4.88 Å². The first kappa shape index (κ1) is 20.4. The number of carbonyl (C=O) groups is 2.